The monoisotopic (exact) mass is 870 g/mol. The van der Waals surface area contributed by atoms with Crippen LogP contribution >= 0.6 is 0 Å². The Balaban J connectivity index is 1.49. The SMILES string of the molecule is [2H]c1nc(-c2cc(-c3cccc4c3nc(-c3cc(C([2H])(C)C)cc(C([2H])(C)C)c3O)n4-c3ccc(C(C)(C)C)cc3-c3ccc(C(C)(C)C)cc3)cc(C(C)(C)C)c2)c([2H])c(-c2c([2H])c([2H])c(C([2H])([2H])[2H])c([2H])c2[2H])c1[2H]. The summed E-state index contributed by atoms with van der Waals surface area (Å²) in [5.41, 5.74) is 7.14. The van der Waals surface area contributed by atoms with Gasteiger partial charge in [-0.15, -0.1) is 0 Å². The zero-order chi connectivity index (χ0) is 57.2. The Bertz CT molecular complexity index is 3640. The number of pyridine rings is 1. The number of rotatable bonds is 8. The minimum atomic E-state index is -2.98. The van der Waals surface area contributed by atoms with E-state index in [2.05, 4.69) is 89.0 Å². The van der Waals surface area contributed by atoms with E-state index in [-0.39, 0.29) is 22.3 Å². The van der Waals surface area contributed by atoms with Crippen LogP contribution in [0.4, 0.5) is 0 Å². The summed E-state index contributed by atoms with van der Waals surface area (Å²) in [6.07, 6.45) is -0.592. The van der Waals surface area contributed by atoms with Crippen molar-refractivity contribution in [2.75, 3.05) is 0 Å². The number of hydrogen-bond donors (Lipinski definition) is 1. The highest BCUT2D eigenvalue weighted by Crippen LogP contribution is 2.45. The smallest absolute Gasteiger partial charge is 0.149 e. The molecule has 0 radical (unpaired) electrons. The number of phenolic OH excluding ortho intramolecular Hbond substituents is 1. The van der Waals surface area contributed by atoms with Crippen LogP contribution in [0.15, 0.2) is 133 Å². The van der Waals surface area contributed by atoms with E-state index in [4.69, 9.17) is 17.3 Å². The molecule has 4 heteroatoms. The summed E-state index contributed by atoms with van der Waals surface area (Å²) in [6.45, 7) is 23.1. The fraction of sp³-hybridized carbons (Fsp3) is 0.311. The largest absolute Gasteiger partial charge is 0.507 e. The molecule has 4 nitrogen and oxygen atoms in total. The maximum Gasteiger partial charge on any atom is 0.149 e. The van der Waals surface area contributed by atoms with Gasteiger partial charge in [0.05, 0.1) is 37.6 Å². The zero-order valence-corrected chi connectivity index (χ0v) is 39.9. The maximum atomic E-state index is 12.5. The lowest BCUT2D eigenvalue weighted by Crippen LogP contribution is -2.12. The van der Waals surface area contributed by atoms with Crippen molar-refractivity contribution >= 4 is 11.0 Å². The Morgan fingerprint density at radius 1 is 0.600 bits per heavy atom. The van der Waals surface area contributed by atoms with E-state index >= 15 is 0 Å². The second kappa shape index (κ2) is 16.9. The topological polar surface area (TPSA) is 50.9 Å². The summed E-state index contributed by atoms with van der Waals surface area (Å²) < 4.78 is 107. The number of phenols is 1. The highest BCUT2D eigenvalue weighted by Gasteiger charge is 2.27. The molecule has 0 atom stereocenters. The first-order valence-corrected chi connectivity index (χ1v) is 22.2. The number of nitrogens with zero attached hydrogens (tertiary/aromatic N) is 3. The van der Waals surface area contributed by atoms with Crippen LogP contribution in [0.25, 0.3) is 72.7 Å². The molecular weight excluding hydrogens is 791 g/mol. The molecule has 1 N–H and O–H groups in total. The first-order chi connectivity index (χ1) is 35.3. The van der Waals surface area contributed by atoms with Gasteiger partial charge in [-0.25, -0.2) is 4.98 Å². The average molecular weight is 870 g/mol. The molecule has 0 bridgehead atoms. The third-order valence-electron chi connectivity index (χ3n) is 12.2. The average Bonchev–Trinajstić information content (AvgIpc) is 3.71. The highest BCUT2D eigenvalue weighted by atomic mass is 16.3. The summed E-state index contributed by atoms with van der Waals surface area (Å²) >= 11 is 0. The fourth-order valence-corrected chi connectivity index (χ4v) is 8.18. The van der Waals surface area contributed by atoms with Crippen LogP contribution < -0.4 is 0 Å². The van der Waals surface area contributed by atoms with E-state index in [1.165, 1.54) is 5.56 Å². The van der Waals surface area contributed by atoms with Gasteiger partial charge in [-0.05, 0) is 133 Å². The summed E-state index contributed by atoms with van der Waals surface area (Å²) in [5, 5.41) is 12.5. The van der Waals surface area contributed by atoms with Gasteiger partial charge in [0.1, 0.15) is 11.6 Å². The Labute approximate surface area is 405 Å². The van der Waals surface area contributed by atoms with Crippen LogP contribution in [0.2, 0.25) is 0 Å². The van der Waals surface area contributed by atoms with E-state index in [9.17, 15) is 9.22 Å². The van der Waals surface area contributed by atoms with Crippen LogP contribution in [0.3, 0.4) is 0 Å². The van der Waals surface area contributed by atoms with Gasteiger partial charge in [0.15, 0.2) is 0 Å². The molecule has 0 unspecified atom stereocenters. The summed E-state index contributed by atoms with van der Waals surface area (Å²) in [7, 11) is 0. The van der Waals surface area contributed by atoms with Crippen LogP contribution in [0.1, 0.15) is 152 Å². The molecule has 0 fully saturated rings. The molecule has 0 amide bonds. The number of aromatic hydroxyl groups is 1. The molecule has 0 saturated carbocycles. The van der Waals surface area contributed by atoms with Gasteiger partial charge < -0.3 is 5.11 Å². The molecule has 65 heavy (non-hydrogen) atoms. The second-order valence-corrected chi connectivity index (χ2v) is 20.7. The molecular formula is C61H67N3O. The Morgan fingerprint density at radius 3 is 1.89 bits per heavy atom. The standard InChI is InChI=1S/C61H67N3O/c1-37(2)43-33-50(38(3)4)57(65)52(34-43)58-63-56-49(44-30-45(32-48(31-44)61(12,13)14)53-35-42(28-29-62-53)40-20-18-39(5)19-21-40)16-15-17-55(56)64(58)54-27-26-47(60(9,10)11)36-51(54)41-22-24-46(25-23-41)59(6,7)8/h15-38,65H,1-14H3/i5D3,18D,19D,20D,21D,28D,29D,35D,37D,38D. The van der Waals surface area contributed by atoms with E-state index in [0.29, 0.717) is 50.2 Å². The Hall–Kier alpha value is -6.26. The number of para-hydroxylation sites is 1. The van der Waals surface area contributed by atoms with Crippen molar-refractivity contribution < 1.29 is 21.6 Å². The molecule has 8 aromatic rings. The predicted octanol–water partition coefficient (Wildman–Crippen LogP) is 16.9. The molecule has 0 spiro atoms. The quantitative estimate of drug-likeness (QED) is 0.165. The van der Waals surface area contributed by atoms with Crippen LogP contribution in [-0.2, 0) is 16.2 Å². The number of aromatic nitrogens is 3. The van der Waals surface area contributed by atoms with Crippen molar-refractivity contribution in [3.05, 3.63) is 167 Å². The molecule has 2 aromatic heterocycles. The van der Waals surface area contributed by atoms with Gasteiger partial charge in [-0.2, -0.15) is 0 Å². The Morgan fingerprint density at radius 2 is 1.26 bits per heavy atom. The minimum absolute atomic E-state index is 0.0742. The molecule has 0 aliphatic rings. The van der Waals surface area contributed by atoms with Crippen LogP contribution in [0.5, 0.6) is 5.75 Å². The molecule has 0 saturated heterocycles. The van der Waals surface area contributed by atoms with E-state index in [0.717, 1.165) is 27.9 Å². The van der Waals surface area contributed by atoms with Gasteiger partial charge in [0.25, 0.3) is 0 Å². The summed E-state index contributed by atoms with van der Waals surface area (Å²) in [5.74, 6) is -2.19. The number of benzene rings is 6. The van der Waals surface area contributed by atoms with Crippen LogP contribution in [0, 0.1) is 6.85 Å². The van der Waals surface area contributed by atoms with Crippen LogP contribution in [-0.4, -0.2) is 19.6 Å². The van der Waals surface area contributed by atoms with Gasteiger partial charge in [-0.1, -0.05) is 174 Å². The van der Waals surface area contributed by atoms with E-state index in [1.54, 1.807) is 45.9 Å². The zero-order valence-electron chi connectivity index (χ0n) is 51.9. The number of fused-ring (bicyclic) bond motifs is 1. The lowest BCUT2D eigenvalue weighted by Gasteiger charge is -2.24. The van der Waals surface area contributed by atoms with Crippen molar-refractivity contribution in [1.82, 2.24) is 14.5 Å². The summed E-state index contributed by atoms with van der Waals surface area (Å²) in [6, 6.07) is 25.7. The molecule has 8 rings (SSSR count). The van der Waals surface area contributed by atoms with Gasteiger partial charge in [0.2, 0.25) is 0 Å². The third-order valence-corrected chi connectivity index (χ3v) is 12.2. The number of imidazole rings is 1. The lowest BCUT2D eigenvalue weighted by molar-refractivity contribution is 0.466. The highest BCUT2D eigenvalue weighted by molar-refractivity contribution is 5.98. The normalized spacial score (nSPS) is 15.6. The molecule has 332 valence electrons. The van der Waals surface area contributed by atoms with Crippen molar-refractivity contribution in [1.29, 1.82) is 0 Å². The van der Waals surface area contributed by atoms with Crippen molar-refractivity contribution in [3.63, 3.8) is 0 Å². The predicted molar refractivity (Wildman–Crippen MR) is 277 cm³/mol. The van der Waals surface area contributed by atoms with Gasteiger partial charge in [-0.3, -0.25) is 9.55 Å². The second-order valence-electron chi connectivity index (χ2n) is 20.7. The van der Waals surface area contributed by atoms with Gasteiger partial charge >= 0.3 is 0 Å². The first kappa shape index (κ1) is 32.4. The molecule has 0 aliphatic carbocycles. The first-order valence-electron chi connectivity index (χ1n) is 28.2. The summed E-state index contributed by atoms with van der Waals surface area (Å²) in [4.78, 5) is 9.96. The van der Waals surface area contributed by atoms with Crippen molar-refractivity contribution in [2.45, 2.75) is 125 Å². The maximum absolute atomic E-state index is 12.5. The van der Waals surface area contributed by atoms with Crippen molar-refractivity contribution in [3.8, 4) is 67.5 Å². The van der Waals surface area contributed by atoms with E-state index in [1.807, 2.05) is 55.7 Å². The molecule has 2 heterocycles. The fourth-order valence-electron chi connectivity index (χ4n) is 8.18. The Kier molecular flexibility index (Phi) is 8.45. The van der Waals surface area contributed by atoms with Crippen molar-refractivity contribution in [2.24, 2.45) is 0 Å². The molecule has 0 aliphatic heterocycles. The third kappa shape index (κ3) is 9.06. The minimum Gasteiger partial charge on any atom is -0.507 e. The van der Waals surface area contributed by atoms with E-state index < -0.39 is 83.2 Å². The lowest BCUT2D eigenvalue weighted by atomic mass is 9.83. The van der Waals surface area contributed by atoms with Gasteiger partial charge in [0, 0.05) is 29.7 Å². The molecule has 6 aromatic carbocycles. The number of hydrogen-bond acceptors (Lipinski definition) is 3.